The number of unbranched alkanes of at least 4 members (excludes halogenated alkanes) is 3. The Balaban J connectivity index is 1.65. The zero-order valence-electron chi connectivity index (χ0n) is 22.7. The minimum Gasteiger partial charge on any atom is -0.493 e. The van der Waals surface area contributed by atoms with Gasteiger partial charge < -0.3 is 13.9 Å². The van der Waals surface area contributed by atoms with E-state index in [4.69, 9.17) is 13.9 Å². The molecule has 0 spiro atoms. The monoisotopic (exact) mass is 589 g/mol. The number of aryl methyl sites for hydroxylation is 2. The van der Waals surface area contributed by atoms with E-state index >= 15 is 0 Å². The van der Waals surface area contributed by atoms with Gasteiger partial charge in [0.1, 0.15) is 5.58 Å². The van der Waals surface area contributed by atoms with E-state index in [1.807, 2.05) is 68.4 Å². The molecule has 1 amide bonds. The van der Waals surface area contributed by atoms with Crippen molar-refractivity contribution < 1.29 is 18.7 Å². The summed E-state index contributed by atoms with van der Waals surface area (Å²) in [6.45, 7) is 6.69. The minimum absolute atomic E-state index is 0.0657. The van der Waals surface area contributed by atoms with Gasteiger partial charge in [-0.15, -0.1) is 0 Å². The van der Waals surface area contributed by atoms with Gasteiger partial charge in [-0.25, -0.2) is 0 Å². The zero-order chi connectivity index (χ0) is 27.7. The number of benzene rings is 3. The first-order chi connectivity index (χ1) is 18.8. The van der Waals surface area contributed by atoms with E-state index in [0.29, 0.717) is 40.3 Å². The number of hydrogen-bond acceptors (Lipinski definition) is 5. The second-order valence-electron chi connectivity index (χ2n) is 9.98. The standard InChI is InChI=1S/C32H32BrNO5/c1-5-6-7-8-14-38-25-13-12-21(17-27(25)37-4)29-28-30(35)24-15-19(2)20(3)16-26(24)39-31(28)32(36)34(29)23-11-9-10-22(33)18-23/h9-13,15-18,29H,5-8,14H2,1-4H3. The van der Waals surface area contributed by atoms with Crippen molar-refractivity contribution >= 4 is 38.5 Å². The first-order valence-electron chi connectivity index (χ1n) is 13.3. The molecule has 1 aliphatic rings. The van der Waals surface area contributed by atoms with Crippen LogP contribution in [0.3, 0.4) is 0 Å². The van der Waals surface area contributed by atoms with Crippen LogP contribution in [0.1, 0.15) is 71.5 Å². The highest BCUT2D eigenvalue weighted by molar-refractivity contribution is 9.10. The molecule has 1 unspecified atom stereocenters. The highest BCUT2D eigenvalue weighted by Gasteiger charge is 2.44. The number of halogens is 1. The number of methoxy groups -OCH3 is 1. The maximum Gasteiger partial charge on any atom is 0.295 e. The maximum atomic E-state index is 14.0. The molecule has 4 aromatic rings. The summed E-state index contributed by atoms with van der Waals surface area (Å²) in [6.07, 6.45) is 4.42. The van der Waals surface area contributed by atoms with Crippen LogP contribution in [0.15, 0.2) is 68.3 Å². The number of fused-ring (bicyclic) bond motifs is 2. The van der Waals surface area contributed by atoms with E-state index in [0.717, 1.165) is 40.4 Å². The van der Waals surface area contributed by atoms with Crippen molar-refractivity contribution in [2.24, 2.45) is 0 Å². The van der Waals surface area contributed by atoms with Crippen molar-refractivity contribution in [2.75, 3.05) is 18.6 Å². The third-order valence-corrected chi connectivity index (χ3v) is 7.82. The number of hydrogen-bond donors (Lipinski definition) is 0. The van der Waals surface area contributed by atoms with Crippen molar-refractivity contribution in [1.82, 2.24) is 0 Å². The predicted octanol–water partition coefficient (Wildman–Crippen LogP) is 7.89. The van der Waals surface area contributed by atoms with Crippen LogP contribution < -0.4 is 19.8 Å². The van der Waals surface area contributed by atoms with Crippen molar-refractivity contribution in [3.63, 3.8) is 0 Å². The van der Waals surface area contributed by atoms with Crippen molar-refractivity contribution in [1.29, 1.82) is 0 Å². The molecule has 7 heteroatoms. The van der Waals surface area contributed by atoms with Crippen LogP contribution in [0.25, 0.3) is 11.0 Å². The molecule has 0 aliphatic carbocycles. The van der Waals surface area contributed by atoms with Gasteiger partial charge in [0.15, 0.2) is 16.9 Å². The summed E-state index contributed by atoms with van der Waals surface area (Å²) in [5.74, 6) is 0.888. The fraction of sp³-hybridized carbons (Fsp3) is 0.312. The van der Waals surface area contributed by atoms with Crippen molar-refractivity contribution in [3.05, 3.63) is 97.3 Å². The molecule has 1 aromatic heterocycles. The highest BCUT2D eigenvalue weighted by Crippen LogP contribution is 2.43. The number of amides is 1. The van der Waals surface area contributed by atoms with E-state index in [9.17, 15) is 9.59 Å². The van der Waals surface area contributed by atoms with E-state index < -0.39 is 6.04 Å². The summed E-state index contributed by atoms with van der Waals surface area (Å²) in [6, 6.07) is 16.0. The molecule has 0 radical (unpaired) electrons. The van der Waals surface area contributed by atoms with Crippen LogP contribution in [-0.4, -0.2) is 19.6 Å². The van der Waals surface area contributed by atoms with Gasteiger partial charge in [-0.05, 0) is 79.4 Å². The van der Waals surface area contributed by atoms with Crippen LogP contribution in [0.5, 0.6) is 11.5 Å². The Morgan fingerprint density at radius 2 is 1.74 bits per heavy atom. The molecule has 0 N–H and O–H groups in total. The fourth-order valence-electron chi connectivity index (χ4n) is 5.12. The molecule has 5 rings (SSSR count). The summed E-state index contributed by atoms with van der Waals surface area (Å²) in [5, 5.41) is 0.463. The predicted molar refractivity (Wildman–Crippen MR) is 157 cm³/mol. The van der Waals surface area contributed by atoms with E-state index in [1.54, 1.807) is 12.0 Å². The lowest BCUT2D eigenvalue weighted by atomic mass is 9.97. The minimum atomic E-state index is -0.698. The molecule has 0 saturated heterocycles. The van der Waals surface area contributed by atoms with Gasteiger partial charge in [0.05, 0.1) is 30.7 Å². The van der Waals surface area contributed by atoms with Gasteiger partial charge in [0, 0.05) is 10.2 Å². The van der Waals surface area contributed by atoms with E-state index in [-0.39, 0.29) is 17.1 Å². The third-order valence-electron chi connectivity index (χ3n) is 7.33. The van der Waals surface area contributed by atoms with E-state index in [2.05, 4.69) is 22.9 Å². The molecule has 39 heavy (non-hydrogen) atoms. The molecular formula is C32H32BrNO5. The van der Waals surface area contributed by atoms with Crippen LogP contribution in [0.2, 0.25) is 0 Å². The molecule has 3 aromatic carbocycles. The fourth-order valence-corrected chi connectivity index (χ4v) is 5.51. The Morgan fingerprint density at radius 1 is 0.949 bits per heavy atom. The number of nitrogens with zero attached hydrogens (tertiary/aromatic N) is 1. The number of rotatable bonds is 9. The smallest absolute Gasteiger partial charge is 0.295 e. The highest BCUT2D eigenvalue weighted by atomic mass is 79.9. The largest absolute Gasteiger partial charge is 0.493 e. The second-order valence-corrected chi connectivity index (χ2v) is 10.9. The van der Waals surface area contributed by atoms with E-state index in [1.165, 1.54) is 6.42 Å². The van der Waals surface area contributed by atoms with Gasteiger partial charge in [-0.3, -0.25) is 14.5 Å². The first kappa shape index (κ1) is 27.0. The van der Waals surface area contributed by atoms with Crippen LogP contribution in [0, 0.1) is 13.8 Å². The van der Waals surface area contributed by atoms with Crippen LogP contribution >= 0.6 is 15.9 Å². The van der Waals surface area contributed by atoms with Gasteiger partial charge in [-0.1, -0.05) is 54.2 Å². The van der Waals surface area contributed by atoms with Crippen molar-refractivity contribution in [2.45, 2.75) is 52.5 Å². The Bertz CT molecular complexity index is 1610. The molecule has 0 bridgehead atoms. The molecule has 0 saturated carbocycles. The molecule has 1 aliphatic heterocycles. The molecule has 0 fully saturated rings. The Morgan fingerprint density at radius 3 is 2.49 bits per heavy atom. The Labute approximate surface area is 236 Å². The average molecular weight is 591 g/mol. The Hall–Kier alpha value is -3.58. The summed E-state index contributed by atoms with van der Waals surface area (Å²) in [4.78, 5) is 29.5. The van der Waals surface area contributed by atoms with Gasteiger partial charge in [0.2, 0.25) is 5.76 Å². The molecule has 2 heterocycles. The molecular weight excluding hydrogens is 558 g/mol. The summed E-state index contributed by atoms with van der Waals surface area (Å²) in [5.41, 5.74) is 3.89. The number of ether oxygens (including phenoxy) is 2. The van der Waals surface area contributed by atoms with Gasteiger partial charge in [-0.2, -0.15) is 0 Å². The number of carbonyl (C=O) groups excluding carboxylic acids is 1. The van der Waals surface area contributed by atoms with Crippen LogP contribution in [0.4, 0.5) is 5.69 Å². The van der Waals surface area contributed by atoms with Crippen LogP contribution in [-0.2, 0) is 0 Å². The number of anilines is 1. The second kappa shape index (κ2) is 11.3. The number of carbonyl (C=O) groups is 1. The maximum absolute atomic E-state index is 14.0. The summed E-state index contributed by atoms with van der Waals surface area (Å²) >= 11 is 3.52. The lowest BCUT2D eigenvalue weighted by Gasteiger charge is -2.26. The average Bonchev–Trinajstić information content (AvgIpc) is 3.22. The molecule has 6 nitrogen and oxygen atoms in total. The van der Waals surface area contributed by atoms with Gasteiger partial charge >= 0.3 is 0 Å². The van der Waals surface area contributed by atoms with Gasteiger partial charge in [0.25, 0.3) is 5.91 Å². The lowest BCUT2D eigenvalue weighted by molar-refractivity contribution is 0.0971. The molecule has 202 valence electrons. The SMILES string of the molecule is CCCCCCOc1ccc(C2c3c(oc4cc(C)c(C)cc4c3=O)C(=O)N2c2cccc(Br)c2)cc1OC. The normalized spacial score (nSPS) is 14.6. The quantitative estimate of drug-likeness (QED) is 0.186. The molecule has 1 atom stereocenters. The van der Waals surface area contributed by atoms with Crippen molar-refractivity contribution in [3.8, 4) is 11.5 Å². The topological polar surface area (TPSA) is 69.0 Å². The summed E-state index contributed by atoms with van der Waals surface area (Å²) < 4.78 is 18.7. The Kier molecular flexibility index (Phi) is 7.80. The zero-order valence-corrected chi connectivity index (χ0v) is 24.3. The summed E-state index contributed by atoms with van der Waals surface area (Å²) in [7, 11) is 1.59. The lowest BCUT2D eigenvalue weighted by Crippen LogP contribution is -2.29. The first-order valence-corrected chi connectivity index (χ1v) is 14.1. The third kappa shape index (κ3) is 5.08.